The van der Waals surface area contributed by atoms with E-state index in [0.717, 1.165) is 37.5 Å². The van der Waals surface area contributed by atoms with Crippen molar-refractivity contribution in [1.82, 2.24) is 10.2 Å². The van der Waals surface area contributed by atoms with Crippen LogP contribution >= 0.6 is 0 Å². The highest BCUT2D eigenvalue weighted by Crippen LogP contribution is 2.26. The highest BCUT2D eigenvalue weighted by molar-refractivity contribution is 5.98. The van der Waals surface area contributed by atoms with Crippen LogP contribution in [0.3, 0.4) is 0 Å². The molecule has 2 heterocycles. The van der Waals surface area contributed by atoms with Crippen LogP contribution in [0.1, 0.15) is 40.8 Å². The Morgan fingerprint density at radius 1 is 1.28 bits per heavy atom. The topological polar surface area (TPSA) is 88.6 Å². The third-order valence-corrected chi connectivity index (χ3v) is 4.47. The minimum absolute atomic E-state index is 0.0667. The number of nitrogens with zero attached hydrogens (tertiary/aromatic N) is 2. The van der Waals surface area contributed by atoms with Gasteiger partial charge < -0.3 is 9.73 Å². The third-order valence-electron chi connectivity index (χ3n) is 4.47. The maximum atomic E-state index is 12.5. The summed E-state index contributed by atoms with van der Waals surface area (Å²) >= 11 is 0. The summed E-state index contributed by atoms with van der Waals surface area (Å²) < 4.78 is 5.76. The van der Waals surface area contributed by atoms with Gasteiger partial charge in [0.2, 0.25) is 0 Å². The molecule has 0 aliphatic carbocycles. The summed E-state index contributed by atoms with van der Waals surface area (Å²) in [6.07, 6.45) is 2.24. The summed E-state index contributed by atoms with van der Waals surface area (Å²) in [5.74, 6) is 1.19. The Labute approximate surface area is 145 Å². The maximum absolute atomic E-state index is 12.5. The highest BCUT2D eigenvalue weighted by atomic mass is 16.6. The number of rotatable bonds is 6. The predicted molar refractivity (Wildman–Crippen MR) is 92.4 cm³/mol. The van der Waals surface area contributed by atoms with E-state index in [1.54, 1.807) is 12.1 Å². The van der Waals surface area contributed by atoms with Crippen LogP contribution in [0.4, 0.5) is 5.69 Å². The van der Waals surface area contributed by atoms with Crippen LogP contribution in [-0.2, 0) is 0 Å². The van der Waals surface area contributed by atoms with E-state index >= 15 is 0 Å². The van der Waals surface area contributed by atoms with Crippen molar-refractivity contribution in [3.05, 3.63) is 63.6 Å². The monoisotopic (exact) mass is 343 g/mol. The van der Waals surface area contributed by atoms with E-state index in [-0.39, 0.29) is 17.3 Å². The van der Waals surface area contributed by atoms with Crippen molar-refractivity contribution in [2.45, 2.75) is 25.8 Å². The van der Waals surface area contributed by atoms with Crippen molar-refractivity contribution in [2.75, 3.05) is 19.6 Å². The first-order valence-corrected chi connectivity index (χ1v) is 8.38. The predicted octanol–water partition coefficient (Wildman–Crippen LogP) is 3.06. The van der Waals surface area contributed by atoms with Crippen LogP contribution in [0.15, 0.2) is 40.8 Å². The van der Waals surface area contributed by atoms with Crippen molar-refractivity contribution >= 4 is 11.6 Å². The molecule has 0 spiro atoms. The van der Waals surface area contributed by atoms with Gasteiger partial charge in [-0.25, -0.2) is 0 Å². The number of nitrogens with one attached hydrogen (secondary N) is 1. The minimum atomic E-state index is -0.539. The number of amides is 1. The van der Waals surface area contributed by atoms with Gasteiger partial charge in [-0.05, 0) is 51.1 Å². The largest absolute Gasteiger partial charge is 0.465 e. The fourth-order valence-corrected chi connectivity index (χ4v) is 3.20. The van der Waals surface area contributed by atoms with E-state index in [1.807, 2.05) is 19.1 Å². The lowest BCUT2D eigenvalue weighted by Crippen LogP contribution is -2.36. The number of aryl methyl sites for hydroxylation is 1. The Kier molecular flexibility index (Phi) is 5.14. The lowest BCUT2D eigenvalue weighted by molar-refractivity contribution is -0.385. The lowest BCUT2D eigenvalue weighted by Gasteiger charge is -2.26. The average Bonchev–Trinajstić information content (AvgIpc) is 3.27. The number of benzene rings is 1. The summed E-state index contributed by atoms with van der Waals surface area (Å²) in [7, 11) is 0. The molecule has 1 fully saturated rings. The summed E-state index contributed by atoms with van der Waals surface area (Å²) in [6.45, 7) is 4.13. The van der Waals surface area contributed by atoms with E-state index in [4.69, 9.17) is 4.42 Å². The van der Waals surface area contributed by atoms with Crippen LogP contribution in [0.2, 0.25) is 0 Å². The van der Waals surface area contributed by atoms with Gasteiger partial charge in [-0.15, -0.1) is 0 Å². The molecule has 132 valence electrons. The Balaban J connectivity index is 1.75. The second-order valence-corrected chi connectivity index (χ2v) is 6.19. The molecular weight excluding hydrogens is 322 g/mol. The molecule has 0 unspecified atom stereocenters. The van der Waals surface area contributed by atoms with Gasteiger partial charge in [0.05, 0.1) is 11.0 Å². The molecular formula is C18H21N3O4. The van der Waals surface area contributed by atoms with Gasteiger partial charge >= 0.3 is 0 Å². The Morgan fingerprint density at radius 2 is 2.00 bits per heavy atom. The van der Waals surface area contributed by atoms with E-state index in [0.29, 0.717) is 6.54 Å². The molecule has 0 bridgehead atoms. The summed E-state index contributed by atoms with van der Waals surface area (Å²) in [6, 6.07) is 9.74. The number of likely N-dealkylation sites (tertiary alicyclic amines) is 1. The normalized spacial score (nSPS) is 15.9. The quantitative estimate of drug-likeness (QED) is 0.643. The fourth-order valence-electron chi connectivity index (χ4n) is 3.20. The molecule has 7 nitrogen and oxygen atoms in total. The molecule has 2 aromatic rings. The fraction of sp³-hybridized carbons (Fsp3) is 0.389. The number of furan rings is 1. The number of hydrogen-bond acceptors (Lipinski definition) is 5. The first-order valence-electron chi connectivity index (χ1n) is 8.38. The first kappa shape index (κ1) is 17.2. The highest BCUT2D eigenvalue weighted by Gasteiger charge is 2.27. The Hall–Kier alpha value is -2.67. The number of nitro groups is 1. The third kappa shape index (κ3) is 3.88. The average molecular weight is 343 g/mol. The Morgan fingerprint density at radius 3 is 2.64 bits per heavy atom. The molecule has 3 rings (SSSR count). The molecule has 1 amide bonds. The number of carbonyl (C=O) groups excluding carboxylic acids is 1. The van der Waals surface area contributed by atoms with Gasteiger partial charge in [0.25, 0.3) is 11.6 Å². The zero-order valence-electron chi connectivity index (χ0n) is 14.1. The molecule has 1 atom stereocenters. The number of hydrogen-bond donors (Lipinski definition) is 1. The Bertz CT molecular complexity index is 765. The van der Waals surface area contributed by atoms with Crippen LogP contribution in [0, 0.1) is 17.0 Å². The maximum Gasteiger partial charge on any atom is 0.282 e. The van der Waals surface area contributed by atoms with Crippen molar-refractivity contribution in [1.29, 1.82) is 0 Å². The molecule has 1 aromatic heterocycles. The van der Waals surface area contributed by atoms with E-state index in [9.17, 15) is 14.9 Å². The van der Waals surface area contributed by atoms with Crippen molar-refractivity contribution in [2.24, 2.45) is 0 Å². The number of carbonyl (C=O) groups is 1. The second kappa shape index (κ2) is 7.48. The van der Waals surface area contributed by atoms with Gasteiger partial charge in [-0.1, -0.05) is 12.1 Å². The van der Waals surface area contributed by atoms with Gasteiger partial charge in [-0.2, -0.15) is 0 Å². The smallest absolute Gasteiger partial charge is 0.282 e. The molecule has 1 aliphatic heterocycles. The molecule has 1 aromatic carbocycles. The van der Waals surface area contributed by atoms with Crippen molar-refractivity contribution < 1.29 is 14.1 Å². The summed E-state index contributed by atoms with van der Waals surface area (Å²) in [5, 5.41) is 13.9. The number of para-hydroxylation sites is 1. The standard InChI is InChI=1S/C18H21N3O4/c1-13-8-9-17(25-13)16(20-10-4-5-11-20)12-19-18(22)14-6-2-3-7-15(14)21(23)24/h2-3,6-9,16H,4-5,10-12H2,1H3,(H,19,22)/t16-/m0/s1. The molecule has 0 saturated carbocycles. The van der Waals surface area contributed by atoms with E-state index in [2.05, 4.69) is 10.2 Å². The summed E-state index contributed by atoms with van der Waals surface area (Å²) in [5.41, 5.74) is -0.116. The molecule has 0 radical (unpaired) electrons. The van der Waals surface area contributed by atoms with Gasteiger partial charge in [0, 0.05) is 12.6 Å². The molecule has 7 heteroatoms. The molecule has 25 heavy (non-hydrogen) atoms. The van der Waals surface area contributed by atoms with Crippen molar-refractivity contribution in [3.8, 4) is 0 Å². The second-order valence-electron chi connectivity index (χ2n) is 6.19. The zero-order valence-corrected chi connectivity index (χ0v) is 14.1. The van der Waals surface area contributed by atoms with Crippen LogP contribution in [0.25, 0.3) is 0 Å². The van der Waals surface area contributed by atoms with E-state index in [1.165, 1.54) is 12.1 Å². The number of nitro benzene ring substituents is 1. The summed E-state index contributed by atoms with van der Waals surface area (Å²) in [4.78, 5) is 25.3. The van der Waals surface area contributed by atoms with Crippen LogP contribution < -0.4 is 5.32 Å². The lowest BCUT2D eigenvalue weighted by atomic mass is 10.1. The van der Waals surface area contributed by atoms with E-state index < -0.39 is 10.8 Å². The minimum Gasteiger partial charge on any atom is -0.465 e. The molecule has 1 N–H and O–H groups in total. The zero-order chi connectivity index (χ0) is 17.8. The SMILES string of the molecule is Cc1ccc([C@H](CNC(=O)c2ccccc2[N+](=O)[O-])N2CCCC2)o1. The first-order chi connectivity index (χ1) is 12.1. The van der Waals surface area contributed by atoms with Crippen LogP contribution in [0.5, 0.6) is 0 Å². The molecule has 1 aliphatic rings. The van der Waals surface area contributed by atoms with Crippen LogP contribution in [-0.4, -0.2) is 35.4 Å². The molecule has 1 saturated heterocycles. The van der Waals surface area contributed by atoms with Crippen molar-refractivity contribution in [3.63, 3.8) is 0 Å². The van der Waals surface area contributed by atoms with Gasteiger partial charge in [0.15, 0.2) is 0 Å². The van der Waals surface area contributed by atoms with Gasteiger partial charge in [-0.3, -0.25) is 19.8 Å². The van der Waals surface area contributed by atoms with Gasteiger partial charge in [0.1, 0.15) is 17.1 Å².